The molecular formula is C10H21N3O2S. The van der Waals surface area contributed by atoms with E-state index in [1.165, 1.54) is 6.42 Å². The minimum atomic E-state index is -3.28. The van der Waals surface area contributed by atoms with Gasteiger partial charge in [0.25, 0.3) is 10.2 Å². The average molecular weight is 247 g/mol. The van der Waals surface area contributed by atoms with E-state index in [0.717, 1.165) is 25.7 Å². The van der Waals surface area contributed by atoms with Gasteiger partial charge in [0, 0.05) is 12.6 Å². The third-order valence-corrected chi connectivity index (χ3v) is 4.74. The maximum Gasteiger partial charge on any atom is 0.277 e. The molecule has 2 fully saturated rings. The van der Waals surface area contributed by atoms with Gasteiger partial charge in [-0.25, -0.2) is 4.72 Å². The normalized spacial score (nSPS) is 30.8. The van der Waals surface area contributed by atoms with Crippen LogP contribution in [0.2, 0.25) is 0 Å². The lowest BCUT2D eigenvalue weighted by Gasteiger charge is -2.18. The second-order valence-electron chi connectivity index (χ2n) is 4.93. The van der Waals surface area contributed by atoms with Crippen molar-refractivity contribution in [1.29, 1.82) is 0 Å². The summed E-state index contributed by atoms with van der Waals surface area (Å²) in [6.07, 6.45) is 5.34. The lowest BCUT2D eigenvalue weighted by molar-refractivity contribution is 0.392. The molecule has 5 nitrogen and oxygen atoms in total. The van der Waals surface area contributed by atoms with Crippen molar-refractivity contribution in [2.45, 2.75) is 38.1 Å². The Kier molecular flexibility index (Phi) is 3.84. The van der Waals surface area contributed by atoms with Crippen LogP contribution < -0.4 is 15.2 Å². The van der Waals surface area contributed by atoms with Gasteiger partial charge in [-0.05, 0) is 44.1 Å². The predicted octanol–water partition coefficient (Wildman–Crippen LogP) is -0.0522. The molecule has 0 spiro atoms. The number of nitrogens with one attached hydrogen (secondary N) is 2. The van der Waals surface area contributed by atoms with Gasteiger partial charge >= 0.3 is 0 Å². The molecule has 0 bridgehead atoms. The molecule has 6 heteroatoms. The van der Waals surface area contributed by atoms with E-state index < -0.39 is 10.2 Å². The fraction of sp³-hybridized carbons (Fsp3) is 1.00. The zero-order valence-corrected chi connectivity index (χ0v) is 10.3. The molecule has 2 rings (SSSR count). The SMILES string of the molecule is NCC1CCCC1CNS(=O)(=O)NC1CC1. The summed E-state index contributed by atoms with van der Waals surface area (Å²) in [6, 6.07) is 0.173. The van der Waals surface area contributed by atoms with Gasteiger partial charge < -0.3 is 5.73 Å². The highest BCUT2D eigenvalue weighted by Gasteiger charge is 2.29. The fourth-order valence-corrected chi connectivity index (χ4v) is 3.56. The molecule has 16 heavy (non-hydrogen) atoms. The first-order chi connectivity index (χ1) is 7.61. The van der Waals surface area contributed by atoms with Gasteiger partial charge in [-0.15, -0.1) is 0 Å². The Balaban J connectivity index is 1.77. The van der Waals surface area contributed by atoms with Crippen LogP contribution in [0.5, 0.6) is 0 Å². The summed E-state index contributed by atoms with van der Waals surface area (Å²) in [5.41, 5.74) is 5.66. The van der Waals surface area contributed by atoms with Crippen molar-refractivity contribution in [2.75, 3.05) is 13.1 Å². The summed E-state index contributed by atoms with van der Waals surface area (Å²) in [4.78, 5) is 0. The maximum atomic E-state index is 11.6. The van der Waals surface area contributed by atoms with Crippen molar-refractivity contribution in [3.8, 4) is 0 Å². The molecule has 2 atom stereocenters. The van der Waals surface area contributed by atoms with Crippen molar-refractivity contribution in [1.82, 2.24) is 9.44 Å². The second kappa shape index (κ2) is 5.00. The molecule has 0 radical (unpaired) electrons. The van der Waals surface area contributed by atoms with Gasteiger partial charge in [0.05, 0.1) is 0 Å². The lowest BCUT2D eigenvalue weighted by atomic mass is 9.97. The molecule has 0 aromatic heterocycles. The Morgan fingerprint density at radius 3 is 2.44 bits per heavy atom. The van der Waals surface area contributed by atoms with Crippen molar-refractivity contribution in [3.63, 3.8) is 0 Å². The molecule has 2 unspecified atom stereocenters. The maximum absolute atomic E-state index is 11.6. The first-order valence-corrected chi connectivity index (χ1v) is 7.56. The summed E-state index contributed by atoms with van der Waals surface area (Å²) in [5, 5.41) is 0. The van der Waals surface area contributed by atoms with Crippen LogP contribution in [0.15, 0.2) is 0 Å². The van der Waals surface area contributed by atoms with Crippen LogP contribution >= 0.6 is 0 Å². The van der Waals surface area contributed by atoms with Crippen molar-refractivity contribution in [2.24, 2.45) is 17.6 Å². The molecule has 0 aromatic carbocycles. The molecule has 0 aromatic rings. The van der Waals surface area contributed by atoms with Crippen molar-refractivity contribution < 1.29 is 8.42 Å². The van der Waals surface area contributed by atoms with E-state index in [1.54, 1.807) is 0 Å². The molecule has 0 aliphatic heterocycles. The molecule has 0 amide bonds. The zero-order chi connectivity index (χ0) is 11.6. The standard InChI is InChI=1S/C10H21N3O2S/c11-6-8-2-1-3-9(8)7-12-16(14,15)13-10-4-5-10/h8-10,12-13H,1-7,11H2. The average Bonchev–Trinajstić information content (AvgIpc) is 2.91. The number of hydrogen-bond donors (Lipinski definition) is 3. The van der Waals surface area contributed by atoms with Gasteiger partial charge in [0.1, 0.15) is 0 Å². The number of rotatable bonds is 6. The first-order valence-electron chi connectivity index (χ1n) is 6.07. The van der Waals surface area contributed by atoms with Crippen LogP contribution in [-0.4, -0.2) is 27.5 Å². The van der Waals surface area contributed by atoms with Crippen LogP contribution in [0.1, 0.15) is 32.1 Å². The molecule has 2 saturated carbocycles. The summed E-state index contributed by atoms with van der Waals surface area (Å²) < 4.78 is 28.4. The summed E-state index contributed by atoms with van der Waals surface area (Å²) in [6.45, 7) is 1.20. The van der Waals surface area contributed by atoms with Gasteiger partial charge in [-0.2, -0.15) is 13.1 Å². The van der Waals surface area contributed by atoms with Gasteiger partial charge in [0.15, 0.2) is 0 Å². The van der Waals surface area contributed by atoms with E-state index in [4.69, 9.17) is 5.73 Å². The smallest absolute Gasteiger partial charge is 0.277 e. The van der Waals surface area contributed by atoms with E-state index in [-0.39, 0.29) is 6.04 Å². The topological polar surface area (TPSA) is 84.2 Å². The van der Waals surface area contributed by atoms with Crippen LogP contribution in [0.3, 0.4) is 0 Å². The van der Waals surface area contributed by atoms with Crippen LogP contribution in [0.25, 0.3) is 0 Å². The predicted molar refractivity (Wildman–Crippen MR) is 63.0 cm³/mol. The highest BCUT2D eigenvalue weighted by atomic mass is 32.2. The van der Waals surface area contributed by atoms with Gasteiger partial charge in [-0.1, -0.05) is 6.42 Å². The Bertz CT molecular complexity index is 327. The second-order valence-corrected chi connectivity index (χ2v) is 6.46. The first kappa shape index (κ1) is 12.3. The number of nitrogens with two attached hydrogens (primary N) is 1. The summed E-state index contributed by atoms with van der Waals surface area (Å²) >= 11 is 0. The Labute approximate surface area is 97.3 Å². The minimum Gasteiger partial charge on any atom is -0.330 e. The van der Waals surface area contributed by atoms with Crippen LogP contribution in [-0.2, 0) is 10.2 Å². The third-order valence-electron chi connectivity index (χ3n) is 3.55. The van der Waals surface area contributed by atoms with Gasteiger partial charge in [0.2, 0.25) is 0 Å². The van der Waals surface area contributed by atoms with E-state index in [1.807, 2.05) is 0 Å². The molecular weight excluding hydrogens is 226 g/mol. The lowest BCUT2D eigenvalue weighted by Crippen LogP contribution is -2.41. The van der Waals surface area contributed by atoms with Crippen LogP contribution in [0.4, 0.5) is 0 Å². The Hall–Kier alpha value is -0.170. The van der Waals surface area contributed by atoms with E-state index >= 15 is 0 Å². The quantitative estimate of drug-likeness (QED) is 0.615. The van der Waals surface area contributed by atoms with E-state index in [2.05, 4.69) is 9.44 Å². The number of hydrogen-bond acceptors (Lipinski definition) is 3. The monoisotopic (exact) mass is 247 g/mol. The highest BCUT2D eigenvalue weighted by molar-refractivity contribution is 7.87. The van der Waals surface area contributed by atoms with Gasteiger partial charge in [-0.3, -0.25) is 0 Å². The molecule has 2 aliphatic rings. The molecule has 0 saturated heterocycles. The molecule has 4 N–H and O–H groups in total. The van der Waals surface area contributed by atoms with E-state index in [0.29, 0.717) is 24.9 Å². The van der Waals surface area contributed by atoms with Crippen molar-refractivity contribution in [3.05, 3.63) is 0 Å². The van der Waals surface area contributed by atoms with Crippen molar-refractivity contribution >= 4 is 10.2 Å². The highest BCUT2D eigenvalue weighted by Crippen LogP contribution is 2.30. The Morgan fingerprint density at radius 1 is 1.12 bits per heavy atom. The van der Waals surface area contributed by atoms with Crippen LogP contribution in [0, 0.1) is 11.8 Å². The molecule has 94 valence electrons. The fourth-order valence-electron chi connectivity index (χ4n) is 2.37. The third kappa shape index (κ3) is 3.41. The summed E-state index contributed by atoms with van der Waals surface area (Å²) in [5.74, 6) is 0.907. The minimum absolute atomic E-state index is 0.173. The van der Waals surface area contributed by atoms with E-state index in [9.17, 15) is 8.42 Å². The zero-order valence-electron chi connectivity index (χ0n) is 9.48. The molecule has 0 heterocycles. The Morgan fingerprint density at radius 2 is 1.81 bits per heavy atom. The molecule has 2 aliphatic carbocycles. The summed E-state index contributed by atoms with van der Waals surface area (Å²) in [7, 11) is -3.28. The largest absolute Gasteiger partial charge is 0.330 e.